The van der Waals surface area contributed by atoms with Gasteiger partial charge in [0.2, 0.25) is 0 Å². The smallest absolute Gasteiger partial charge is 0.147 e. The van der Waals surface area contributed by atoms with Gasteiger partial charge in [0, 0.05) is 18.7 Å². The van der Waals surface area contributed by atoms with Gasteiger partial charge in [-0.05, 0) is 35.1 Å². The van der Waals surface area contributed by atoms with Gasteiger partial charge in [0.1, 0.15) is 5.82 Å². The third-order valence-electron chi connectivity index (χ3n) is 5.78. The molecule has 0 unspecified atom stereocenters. The summed E-state index contributed by atoms with van der Waals surface area (Å²) in [5, 5.41) is 2.45. The van der Waals surface area contributed by atoms with E-state index in [-0.39, 0.29) is 0 Å². The Labute approximate surface area is 165 Å². The summed E-state index contributed by atoms with van der Waals surface area (Å²) in [5.74, 6) is 1.63. The lowest BCUT2D eigenvalue weighted by molar-refractivity contribution is 0.502. The minimum atomic E-state index is 0.645. The molecule has 0 bridgehead atoms. The zero-order valence-electron chi connectivity index (χ0n) is 15.8. The van der Waals surface area contributed by atoms with Gasteiger partial charge in [-0.25, -0.2) is 4.98 Å². The van der Waals surface area contributed by atoms with E-state index in [1.807, 2.05) is 12.4 Å². The standard InChI is InChI=1S/C25H23N3/c1-2-7-19(8-3-1)20-13-15-28(16-14-20)25-18-26-17-24(27-25)23-12-6-10-21-9-4-5-11-22(21)23/h1-12,17-18,20H,13-16H2. The SMILES string of the molecule is c1ccc(C2CCN(c3cncc(-c4cccc5ccccc45)n3)CC2)cc1. The van der Waals surface area contributed by atoms with Crippen molar-refractivity contribution in [3.05, 3.63) is 90.8 Å². The van der Waals surface area contributed by atoms with E-state index in [2.05, 4.69) is 82.7 Å². The second-order valence-corrected chi connectivity index (χ2v) is 7.46. The Kier molecular flexibility index (Phi) is 4.50. The number of piperidine rings is 1. The van der Waals surface area contributed by atoms with Crippen LogP contribution in [0.5, 0.6) is 0 Å². The molecule has 1 fully saturated rings. The Balaban J connectivity index is 1.39. The molecule has 28 heavy (non-hydrogen) atoms. The number of hydrogen-bond donors (Lipinski definition) is 0. The van der Waals surface area contributed by atoms with E-state index in [1.54, 1.807) is 0 Å². The highest BCUT2D eigenvalue weighted by Gasteiger charge is 2.22. The molecule has 2 heterocycles. The van der Waals surface area contributed by atoms with E-state index >= 15 is 0 Å². The van der Waals surface area contributed by atoms with Crippen LogP contribution in [0.15, 0.2) is 85.2 Å². The monoisotopic (exact) mass is 365 g/mol. The predicted octanol–water partition coefficient (Wildman–Crippen LogP) is 5.68. The molecule has 0 radical (unpaired) electrons. The lowest BCUT2D eigenvalue weighted by atomic mass is 9.89. The first-order valence-electron chi connectivity index (χ1n) is 9.98. The molecule has 0 amide bonds. The number of anilines is 1. The highest BCUT2D eigenvalue weighted by Crippen LogP contribution is 2.31. The molecule has 3 nitrogen and oxygen atoms in total. The summed E-state index contributed by atoms with van der Waals surface area (Å²) in [5.41, 5.74) is 3.55. The lowest BCUT2D eigenvalue weighted by Crippen LogP contribution is -2.33. The summed E-state index contributed by atoms with van der Waals surface area (Å²) in [6, 6.07) is 25.7. The summed E-state index contributed by atoms with van der Waals surface area (Å²) < 4.78 is 0. The van der Waals surface area contributed by atoms with Crippen LogP contribution in [0.4, 0.5) is 5.82 Å². The zero-order valence-corrected chi connectivity index (χ0v) is 15.8. The Hall–Kier alpha value is -3.20. The van der Waals surface area contributed by atoms with Gasteiger partial charge < -0.3 is 4.90 Å². The van der Waals surface area contributed by atoms with Crippen LogP contribution >= 0.6 is 0 Å². The third-order valence-corrected chi connectivity index (χ3v) is 5.78. The van der Waals surface area contributed by atoms with Crippen molar-refractivity contribution in [1.82, 2.24) is 9.97 Å². The predicted molar refractivity (Wildman–Crippen MR) is 116 cm³/mol. The summed E-state index contributed by atoms with van der Waals surface area (Å²) in [4.78, 5) is 11.9. The van der Waals surface area contributed by atoms with Gasteiger partial charge in [-0.1, -0.05) is 72.8 Å². The van der Waals surface area contributed by atoms with Crippen LogP contribution < -0.4 is 4.90 Å². The van der Waals surface area contributed by atoms with Crippen molar-refractivity contribution in [2.45, 2.75) is 18.8 Å². The summed E-state index contributed by atoms with van der Waals surface area (Å²) in [6.07, 6.45) is 6.09. The van der Waals surface area contributed by atoms with Crippen molar-refractivity contribution < 1.29 is 0 Å². The first kappa shape index (κ1) is 16.9. The number of rotatable bonds is 3. The number of benzene rings is 3. The average Bonchev–Trinajstić information content (AvgIpc) is 2.79. The Morgan fingerprint density at radius 3 is 2.36 bits per heavy atom. The molecule has 0 aliphatic carbocycles. The molecule has 5 rings (SSSR count). The largest absolute Gasteiger partial charge is 0.355 e. The fourth-order valence-corrected chi connectivity index (χ4v) is 4.25. The molecule has 3 heteroatoms. The van der Waals surface area contributed by atoms with E-state index in [0.29, 0.717) is 5.92 Å². The summed E-state index contributed by atoms with van der Waals surface area (Å²) >= 11 is 0. The second kappa shape index (κ2) is 7.43. The lowest BCUT2D eigenvalue weighted by Gasteiger charge is -2.33. The Morgan fingerprint density at radius 2 is 1.50 bits per heavy atom. The maximum Gasteiger partial charge on any atom is 0.147 e. The summed E-state index contributed by atoms with van der Waals surface area (Å²) in [7, 11) is 0. The molecule has 0 spiro atoms. The first-order valence-corrected chi connectivity index (χ1v) is 9.98. The molecular weight excluding hydrogens is 342 g/mol. The molecule has 138 valence electrons. The van der Waals surface area contributed by atoms with Crippen molar-refractivity contribution >= 4 is 16.6 Å². The van der Waals surface area contributed by atoms with Crippen LogP contribution in [-0.2, 0) is 0 Å². The van der Waals surface area contributed by atoms with Crippen molar-refractivity contribution in [2.75, 3.05) is 18.0 Å². The van der Waals surface area contributed by atoms with E-state index in [0.717, 1.165) is 43.0 Å². The average molecular weight is 365 g/mol. The quantitative estimate of drug-likeness (QED) is 0.468. The van der Waals surface area contributed by atoms with Crippen molar-refractivity contribution in [1.29, 1.82) is 0 Å². The molecule has 0 N–H and O–H groups in total. The van der Waals surface area contributed by atoms with Gasteiger partial charge in [-0.15, -0.1) is 0 Å². The van der Waals surface area contributed by atoms with Crippen LogP contribution in [0.25, 0.3) is 22.0 Å². The molecule has 3 aromatic carbocycles. The number of nitrogens with zero attached hydrogens (tertiary/aromatic N) is 3. The minimum Gasteiger partial charge on any atom is -0.355 e. The normalized spacial score (nSPS) is 15.1. The number of aromatic nitrogens is 2. The minimum absolute atomic E-state index is 0.645. The molecule has 0 saturated carbocycles. The molecular formula is C25H23N3. The van der Waals surface area contributed by atoms with E-state index in [4.69, 9.17) is 4.98 Å². The van der Waals surface area contributed by atoms with Gasteiger partial charge in [0.05, 0.1) is 18.1 Å². The Morgan fingerprint density at radius 1 is 0.750 bits per heavy atom. The van der Waals surface area contributed by atoms with Gasteiger partial charge >= 0.3 is 0 Å². The molecule has 1 aromatic heterocycles. The van der Waals surface area contributed by atoms with Crippen molar-refractivity contribution in [3.63, 3.8) is 0 Å². The maximum atomic E-state index is 4.98. The third kappa shape index (κ3) is 3.24. The molecule has 4 aromatic rings. The topological polar surface area (TPSA) is 29.0 Å². The van der Waals surface area contributed by atoms with E-state index in [9.17, 15) is 0 Å². The van der Waals surface area contributed by atoms with Crippen molar-refractivity contribution in [2.24, 2.45) is 0 Å². The Bertz CT molecular complexity index is 1080. The van der Waals surface area contributed by atoms with Crippen LogP contribution in [-0.4, -0.2) is 23.1 Å². The molecule has 0 atom stereocenters. The fourth-order valence-electron chi connectivity index (χ4n) is 4.25. The van der Waals surface area contributed by atoms with E-state index in [1.165, 1.54) is 16.3 Å². The van der Waals surface area contributed by atoms with E-state index < -0.39 is 0 Å². The number of hydrogen-bond acceptors (Lipinski definition) is 3. The van der Waals surface area contributed by atoms with Crippen molar-refractivity contribution in [3.8, 4) is 11.3 Å². The van der Waals surface area contributed by atoms with Gasteiger partial charge in [-0.3, -0.25) is 4.98 Å². The molecule has 1 aliphatic rings. The molecule has 1 saturated heterocycles. The van der Waals surface area contributed by atoms with Crippen LogP contribution in [0.2, 0.25) is 0 Å². The van der Waals surface area contributed by atoms with Gasteiger partial charge in [0.15, 0.2) is 0 Å². The highest BCUT2D eigenvalue weighted by molar-refractivity contribution is 5.95. The highest BCUT2D eigenvalue weighted by atomic mass is 15.2. The van der Waals surface area contributed by atoms with Crippen LogP contribution in [0.1, 0.15) is 24.3 Å². The number of fused-ring (bicyclic) bond motifs is 1. The zero-order chi connectivity index (χ0) is 18.8. The second-order valence-electron chi connectivity index (χ2n) is 7.46. The summed E-state index contributed by atoms with van der Waals surface area (Å²) in [6.45, 7) is 2.04. The maximum absolute atomic E-state index is 4.98. The van der Waals surface area contributed by atoms with Crippen LogP contribution in [0.3, 0.4) is 0 Å². The van der Waals surface area contributed by atoms with Gasteiger partial charge in [-0.2, -0.15) is 0 Å². The van der Waals surface area contributed by atoms with Gasteiger partial charge in [0.25, 0.3) is 0 Å². The molecule has 1 aliphatic heterocycles. The fraction of sp³-hybridized carbons (Fsp3) is 0.200. The van der Waals surface area contributed by atoms with Crippen LogP contribution in [0, 0.1) is 0 Å². The first-order chi connectivity index (χ1) is 13.9.